The van der Waals surface area contributed by atoms with Gasteiger partial charge in [0.05, 0.1) is 25.8 Å². The summed E-state index contributed by atoms with van der Waals surface area (Å²) in [6.45, 7) is 2.45. The SMILES string of the molecule is CCNC(CCC(=O)O)C(=O)c1ccc(OC)cc1OC. The van der Waals surface area contributed by atoms with Crippen molar-refractivity contribution in [3.05, 3.63) is 23.8 Å². The van der Waals surface area contributed by atoms with Crippen molar-refractivity contribution in [2.75, 3.05) is 20.8 Å². The highest BCUT2D eigenvalue weighted by atomic mass is 16.5. The average Bonchev–Trinajstić information content (AvgIpc) is 2.49. The first-order valence-corrected chi connectivity index (χ1v) is 6.74. The number of likely N-dealkylation sites (N-methyl/N-ethyl adjacent to an activating group) is 1. The number of rotatable bonds is 9. The number of ketones is 1. The molecule has 0 aliphatic heterocycles. The molecule has 1 aromatic carbocycles. The molecule has 1 aromatic rings. The van der Waals surface area contributed by atoms with E-state index in [0.29, 0.717) is 23.6 Å². The van der Waals surface area contributed by atoms with Gasteiger partial charge in [-0.2, -0.15) is 0 Å². The van der Waals surface area contributed by atoms with E-state index in [-0.39, 0.29) is 18.6 Å². The van der Waals surface area contributed by atoms with Crippen LogP contribution in [0.15, 0.2) is 18.2 Å². The summed E-state index contributed by atoms with van der Waals surface area (Å²) in [4.78, 5) is 23.2. The quantitative estimate of drug-likeness (QED) is 0.675. The average molecular weight is 295 g/mol. The maximum absolute atomic E-state index is 12.6. The number of carbonyl (C=O) groups excluding carboxylic acids is 1. The number of aliphatic carboxylic acids is 1. The zero-order valence-corrected chi connectivity index (χ0v) is 12.5. The van der Waals surface area contributed by atoms with E-state index in [1.165, 1.54) is 14.2 Å². The zero-order valence-electron chi connectivity index (χ0n) is 12.5. The lowest BCUT2D eigenvalue weighted by atomic mass is 9.99. The summed E-state index contributed by atoms with van der Waals surface area (Å²) >= 11 is 0. The molecular formula is C15H21NO5. The molecule has 0 saturated carbocycles. The number of ether oxygens (including phenoxy) is 2. The maximum Gasteiger partial charge on any atom is 0.303 e. The van der Waals surface area contributed by atoms with E-state index in [4.69, 9.17) is 14.6 Å². The standard InChI is InChI=1S/C15H21NO5/c1-4-16-12(7-8-14(17)18)15(19)11-6-5-10(20-2)9-13(11)21-3/h5-6,9,12,16H,4,7-8H2,1-3H3,(H,17,18). The van der Waals surface area contributed by atoms with Crippen molar-refractivity contribution in [2.45, 2.75) is 25.8 Å². The monoisotopic (exact) mass is 295 g/mol. The van der Waals surface area contributed by atoms with Gasteiger partial charge in [0.15, 0.2) is 5.78 Å². The first-order valence-electron chi connectivity index (χ1n) is 6.74. The fourth-order valence-electron chi connectivity index (χ4n) is 2.03. The number of hydrogen-bond acceptors (Lipinski definition) is 5. The van der Waals surface area contributed by atoms with Crippen LogP contribution in [0.3, 0.4) is 0 Å². The van der Waals surface area contributed by atoms with Gasteiger partial charge in [0, 0.05) is 12.5 Å². The number of carboxylic acid groups (broad SMARTS) is 1. The number of benzene rings is 1. The first-order chi connectivity index (χ1) is 10.0. The van der Waals surface area contributed by atoms with Crippen molar-refractivity contribution in [1.82, 2.24) is 5.32 Å². The van der Waals surface area contributed by atoms with Crippen LogP contribution in [-0.4, -0.2) is 43.7 Å². The van der Waals surface area contributed by atoms with Crippen LogP contribution in [0.4, 0.5) is 0 Å². The van der Waals surface area contributed by atoms with Gasteiger partial charge in [-0.1, -0.05) is 6.92 Å². The van der Waals surface area contributed by atoms with Gasteiger partial charge in [-0.25, -0.2) is 0 Å². The topological polar surface area (TPSA) is 84.9 Å². The molecule has 2 N–H and O–H groups in total. The highest BCUT2D eigenvalue weighted by Gasteiger charge is 2.23. The number of methoxy groups -OCH3 is 2. The van der Waals surface area contributed by atoms with Crippen LogP contribution >= 0.6 is 0 Å². The van der Waals surface area contributed by atoms with E-state index in [0.717, 1.165) is 0 Å². The second-order valence-corrected chi connectivity index (χ2v) is 4.47. The molecule has 0 bridgehead atoms. The molecule has 1 atom stereocenters. The first kappa shape index (κ1) is 17.0. The molecule has 6 heteroatoms. The minimum absolute atomic E-state index is 0.0676. The molecular weight excluding hydrogens is 274 g/mol. The smallest absolute Gasteiger partial charge is 0.303 e. The van der Waals surface area contributed by atoms with Gasteiger partial charge in [-0.15, -0.1) is 0 Å². The van der Waals surface area contributed by atoms with Gasteiger partial charge in [0.1, 0.15) is 11.5 Å². The van der Waals surface area contributed by atoms with Crippen LogP contribution in [0.5, 0.6) is 11.5 Å². The van der Waals surface area contributed by atoms with Crippen LogP contribution in [0.25, 0.3) is 0 Å². The van der Waals surface area contributed by atoms with E-state index >= 15 is 0 Å². The molecule has 0 radical (unpaired) electrons. The van der Waals surface area contributed by atoms with Gasteiger partial charge >= 0.3 is 5.97 Å². The van der Waals surface area contributed by atoms with Crippen molar-refractivity contribution in [3.8, 4) is 11.5 Å². The predicted octanol–water partition coefficient (Wildman–Crippen LogP) is 1.73. The third-order valence-electron chi connectivity index (χ3n) is 3.09. The van der Waals surface area contributed by atoms with Crippen molar-refractivity contribution in [2.24, 2.45) is 0 Å². The van der Waals surface area contributed by atoms with Crippen LogP contribution in [0.2, 0.25) is 0 Å². The Bertz CT molecular complexity index is 501. The van der Waals surface area contributed by atoms with Gasteiger partial charge in [-0.3, -0.25) is 9.59 Å². The van der Waals surface area contributed by atoms with Crippen LogP contribution in [-0.2, 0) is 4.79 Å². The van der Waals surface area contributed by atoms with Crippen molar-refractivity contribution in [1.29, 1.82) is 0 Å². The molecule has 0 aromatic heterocycles. The second-order valence-electron chi connectivity index (χ2n) is 4.47. The molecule has 116 valence electrons. The molecule has 0 amide bonds. The molecule has 0 aliphatic rings. The highest BCUT2D eigenvalue weighted by Crippen LogP contribution is 2.26. The third kappa shape index (κ3) is 4.75. The Hall–Kier alpha value is -2.08. The summed E-state index contributed by atoms with van der Waals surface area (Å²) in [5.41, 5.74) is 0.412. The Kier molecular flexibility index (Phi) is 6.68. The summed E-state index contributed by atoms with van der Waals surface area (Å²) in [6, 6.07) is 4.39. The van der Waals surface area contributed by atoms with E-state index < -0.39 is 12.0 Å². The van der Waals surface area contributed by atoms with Crippen LogP contribution in [0, 0.1) is 0 Å². The Morgan fingerprint density at radius 3 is 2.52 bits per heavy atom. The minimum Gasteiger partial charge on any atom is -0.497 e. The normalized spacial score (nSPS) is 11.8. The number of Topliss-reactive ketones (excluding diaryl/α,β-unsaturated/α-hetero) is 1. The van der Waals surface area contributed by atoms with Gasteiger partial charge in [-0.05, 0) is 25.1 Å². The summed E-state index contributed by atoms with van der Waals surface area (Å²) < 4.78 is 10.3. The van der Waals surface area contributed by atoms with E-state index in [1.807, 2.05) is 6.92 Å². The Morgan fingerprint density at radius 2 is 2.00 bits per heavy atom. The molecule has 0 saturated heterocycles. The number of carboxylic acids is 1. The van der Waals surface area contributed by atoms with Crippen molar-refractivity contribution in [3.63, 3.8) is 0 Å². The number of carbonyl (C=O) groups is 2. The molecule has 6 nitrogen and oxygen atoms in total. The van der Waals surface area contributed by atoms with Crippen LogP contribution < -0.4 is 14.8 Å². The largest absolute Gasteiger partial charge is 0.497 e. The van der Waals surface area contributed by atoms with E-state index in [9.17, 15) is 9.59 Å². The van der Waals surface area contributed by atoms with Gasteiger partial charge < -0.3 is 19.9 Å². The lowest BCUT2D eigenvalue weighted by Crippen LogP contribution is -2.37. The molecule has 1 rings (SSSR count). The maximum atomic E-state index is 12.6. The molecule has 1 unspecified atom stereocenters. The van der Waals surface area contributed by atoms with Gasteiger partial charge in [0.25, 0.3) is 0 Å². The van der Waals surface area contributed by atoms with E-state index in [2.05, 4.69) is 5.32 Å². The minimum atomic E-state index is -0.924. The van der Waals surface area contributed by atoms with Crippen LogP contribution in [0.1, 0.15) is 30.1 Å². The second kappa shape index (κ2) is 8.26. The molecule has 0 fully saturated rings. The van der Waals surface area contributed by atoms with Crippen molar-refractivity contribution < 1.29 is 24.2 Å². The highest BCUT2D eigenvalue weighted by molar-refractivity contribution is 6.02. The third-order valence-corrected chi connectivity index (χ3v) is 3.09. The molecule has 0 aliphatic carbocycles. The predicted molar refractivity (Wildman–Crippen MR) is 78.2 cm³/mol. The fourth-order valence-corrected chi connectivity index (χ4v) is 2.03. The molecule has 0 spiro atoms. The summed E-state index contributed by atoms with van der Waals surface area (Å²) in [6.07, 6.45) is 0.166. The molecule has 21 heavy (non-hydrogen) atoms. The molecule has 0 heterocycles. The lowest BCUT2D eigenvalue weighted by molar-refractivity contribution is -0.137. The van der Waals surface area contributed by atoms with Gasteiger partial charge in [0.2, 0.25) is 0 Å². The van der Waals surface area contributed by atoms with Crippen molar-refractivity contribution >= 4 is 11.8 Å². The summed E-state index contributed by atoms with van der Waals surface area (Å²) in [7, 11) is 3.01. The number of hydrogen-bond donors (Lipinski definition) is 2. The summed E-state index contributed by atoms with van der Waals surface area (Å²) in [5, 5.41) is 11.8. The Morgan fingerprint density at radius 1 is 1.29 bits per heavy atom. The zero-order chi connectivity index (χ0) is 15.8. The summed E-state index contributed by atoms with van der Waals surface area (Å²) in [5.74, 6) is -0.100. The Balaban J connectivity index is 2.99. The fraction of sp³-hybridized carbons (Fsp3) is 0.467. The number of nitrogens with one attached hydrogen (secondary N) is 1. The van der Waals surface area contributed by atoms with E-state index in [1.54, 1.807) is 18.2 Å². The Labute approximate surface area is 124 Å². The lowest BCUT2D eigenvalue weighted by Gasteiger charge is -2.17.